The highest BCUT2D eigenvalue weighted by Crippen LogP contribution is 2.26. The van der Waals surface area contributed by atoms with Crippen LogP contribution in [0, 0.1) is 6.92 Å². The molecule has 3 aromatic rings. The molecule has 1 unspecified atom stereocenters. The van der Waals surface area contributed by atoms with Gasteiger partial charge in [-0.2, -0.15) is 5.10 Å². The molecule has 0 fully saturated rings. The van der Waals surface area contributed by atoms with Crippen molar-refractivity contribution >= 4 is 11.3 Å². The highest BCUT2D eigenvalue weighted by atomic mass is 32.1. The largest absolute Gasteiger partial charge is 0.383 e. The summed E-state index contributed by atoms with van der Waals surface area (Å²) in [6, 6.07) is 6.07. The first kappa shape index (κ1) is 19.6. The lowest BCUT2D eigenvalue weighted by atomic mass is 10.2. The van der Waals surface area contributed by atoms with Gasteiger partial charge in [0.2, 0.25) is 0 Å². The summed E-state index contributed by atoms with van der Waals surface area (Å²) in [5.74, 6) is 0.491. The third kappa shape index (κ3) is 4.24. The number of rotatable bonds is 8. The summed E-state index contributed by atoms with van der Waals surface area (Å²) in [7, 11) is 1.66. The summed E-state index contributed by atoms with van der Waals surface area (Å²) in [4.78, 5) is 12.0. The maximum Gasteiger partial charge on any atom is 0.251 e. The Balaban J connectivity index is 1.90. The Bertz CT molecular complexity index is 863. The van der Waals surface area contributed by atoms with Gasteiger partial charge in [0.05, 0.1) is 29.1 Å². The molecule has 3 heterocycles. The van der Waals surface area contributed by atoms with E-state index in [1.54, 1.807) is 35.5 Å². The standard InChI is InChI=1S/C19H25N5O2S/c1-13(2)23(9-10-26-4)18(25)15-12-21-24(14(15)3)19-20-8-7-16(22-19)17-6-5-11-27-17/h5-8,11-13,18,25H,9-10H2,1-4H3. The molecule has 0 saturated carbocycles. The number of hydrogen-bond donors (Lipinski definition) is 1. The maximum atomic E-state index is 10.9. The van der Waals surface area contributed by atoms with E-state index in [1.807, 2.05) is 49.3 Å². The van der Waals surface area contributed by atoms with Gasteiger partial charge in [0.15, 0.2) is 0 Å². The molecular weight excluding hydrogens is 362 g/mol. The summed E-state index contributed by atoms with van der Waals surface area (Å²) >= 11 is 1.63. The fourth-order valence-corrected chi connectivity index (χ4v) is 3.62. The molecule has 7 nitrogen and oxygen atoms in total. The molecule has 1 atom stereocenters. The first-order valence-electron chi connectivity index (χ1n) is 8.87. The number of methoxy groups -OCH3 is 1. The number of aliphatic hydroxyl groups is 1. The maximum absolute atomic E-state index is 10.9. The minimum atomic E-state index is -0.769. The minimum absolute atomic E-state index is 0.163. The third-order valence-electron chi connectivity index (χ3n) is 4.46. The van der Waals surface area contributed by atoms with Crippen LogP contribution in [0.4, 0.5) is 0 Å². The van der Waals surface area contributed by atoms with Crippen LogP contribution < -0.4 is 0 Å². The lowest BCUT2D eigenvalue weighted by Crippen LogP contribution is -2.37. The van der Waals surface area contributed by atoms with Crippen molar-refractivity contribution in [2.75, 3.05) is 20.3 Å². The van der Waals surface area contributed by atoms with Crippen LogP contribution in [0.15, 0.2) is 36.0 Å². The van der Waals surface area contributed by atoms with Crippen molar-refractivity contribution in [3.63, 3.8) is 0 Å². The van der Waals surface area contributed by atoms with Gasteiger partial charge in [0.1, 0.15) is 6.23 Å². The van der Waals surface area contributed by atoms with Crippen molar-refractivity contribution in [2.45, 2.75) is 33.0 Å². The predicted octanol–water partition coefficient (Wildman–Crippen LogP) is 3.05. The van der Waals surface area contributed by atoms with Gasteiger partial charge < -0.3 is 9.84 Å². The normalized spacial score (nSPS) is 12.9. The lowest BCUT2D eigenvalue weighted by molar-refractivity contribution is -0.0314. The minimum Gasteiger partial charge on any atom is -0.383 e. The van der Waals surface area contributed by atoms with Crippen LogP contribution in [0.1, 0.15) is 31.3 Å². The van der Waals surface area contributed by atoms with Crippen LogP contribution in [-0.4, -0.2) is 56.1 Å². The van der Waals surface area contributed by atoms with Gasteiger partial charge in [-0.1, -0.05) is 6.07 Å². The molecule has 0 radical (unpaired) electrons. The van der Waals surface area contributed by atoms with Crippen molar-refractivity contribution in [3.05, 3.63) is 47.2 Å². The molecule has 0 amide bonds. The van der Waals surface area contributed by atoms with Gasteiger partial charge in [0.25, 0.3) is 5.95 Å². The smallest absolute Gasteiger partial charge is 0.251 e. The quantitative estimate of drug-likeness (QED) is 0.599. The van der Waals surface area contributed by atoms with E-state index in [2.05, 4.69) is 15.1 Å². The van der Waals surface area contributed by atoms with Gasteiger partial charge in [-0.25, -0.2) is 14.6 Å². The third-order valence-corrected chi connectivity index (χ3v) is 5.36. The monoisotopic (exact) mass is 387 g/mol. The van der Waals surface area contributed by atoms with Crippen molar-refractivity contribution in [2.24, 2.45) is 0 Å². The SMILES string of the molecule is COCCN(C(C)C)C(O)c1cnn(-c2nccc(-c3cccs3)n2)c1C. The molecule has 0 aliphatic heterocycles. The summed E-state index contributed by atoms with van der Waals surface area (Å²) in [6.07, 6.45) is 2.64. The summed E-state index contributed by atoms with van der Waals surface area (Å²) in [5.41, 5.74) is 2.41. The fourth-order valence-electron chi connectivity index (χ4n) is 2.93. The number of ether oxygens (including phenoxy) is 1. The molecule has 3 aromatic heterocycles. The van der Waals surface area contributed by atoms with Crippen LogP contribution in [0.25, 0.3) is 16.5 Å². The first-order valence-corrected chi connectivity index (χ1v) is 9.75. The Morgan fingerprint density at radius 2 is 2.15 bits per heavy atom. The second-order valence-electron chi connectivity index (χ2n) is 6.51. The highest BCUT2D eigenvalue weighted by Gasteiger charge is 2.25. The molecule has 0 bridgehead atoms. The zero-order chi connectivity index (χ0) is 19.4. The van der Waals surface area contributed by atoms with Crippen molar-refractivity contribution in [3.8, 4) is 16.5 Å². The Morgan fingerprint density at radius 1 is 1.33 bits per heavy atom. The molecule has 0 aromatic carbocycles. The van der Waals surface area contributed by atoms with E-state index in [4.69, 9.17) is 4.74 Å². The summed E-state index contributed by atoms with van der Waals surface area (Å²) in [6.45, 7) is 7.19. The number of aliphatic hydroxyl groups excluding tert-OH is 1. The molecule has 0 aliphatic carbocycles. The average Bonchev–Trinajstić information content (AvgIpc) is 3.31. The molecule has 1 N–H and O–H groups in total. The van der Waals surface area contributed by atoms with Gasteiger partial charge in [-0.15, -0.1) is 11.3 Å². The fraction of sp³-hybridized carbons (Fsp3) is 0.421. The van der Waals surface area contributed by atoms with E-state index in [1.165, 1.54) is 0 Å². The zero-order valence-electron chi connectivity index (χ0n) is 16.0. The second-order valence-corrected chi connectivity index (χ2v) is 7.46. The molecule has 144 valence electrons. The first-order chi connectivity index (χ1) is 13.0. The van der Waals surface area contributed by atoms with E-state index in [0.717, 1.165) is 21.8 Å². The summed E-state index contributed by atoms with van der Waals surface area (Å²) < 4.78 is 6.84. The highest BCUT2D eigenvalue weighted by molar-refractivity contribution is 7.13. The number of thiophene rings is 1. The van der Waals surface area contributed by atoms with Gasteiger partial charge in [-0.3, -0.25) is 4.90 Å². The van der Waals surface area contributed by atoms with Crippen molar-refractivity contribution in [1.29, 1.82) is 0 Å². The molecule has 0 aliphatic rings. The average molecular weight is 388 g/mol. The Labute approximate surface area is 163 Å². The number of hydrogen-bond acceptors (Lipinski definition) is 7. The summed E-state index contributed by atoms with van der Waals surface area (Å²) in [5, 5.41) is 17.3. The molecule has 3 rings (SSSR count). The van der Waals surface area contributed by atoms with E-state index < -0.39 is 6.23 Å². The lowest BCUT2D eigenvalue weighted by Gasteiger charge is -2.31. The number of aromatic nitrogens is 4. The topological polar surface area (TPSA) is 76.3 Å². The molecular formula is C19H25N5O2S. The van der Waals surface area contributed by atoms with Crippen LogP contribution in [0.5, 0.6) is 0 Å². The predicted molar refractivity (Wildman–Crippen MR) is 106 cm³/mol. The van der Waals surface area contributed by atoms with Crippen molar-refractivity contribution in [1.82, 2.24) is 24.6 Å². The van der Waals surface area contributed by atoms with E-state index >= 15 is 0 Å². The molecule has 0 spiro atoms. The molecule has 8 heteroatoms. The Kier molecular flexibility index (Phi) is 6.33. The number of nitrogens with zero attached hydrogens (tertiary/aromatic N) is 5. The van der Waals surface area contributed by atoms with E-state index in [9.17, 15) is 5.11 Å². The van der Waals surface area contributed by atoms with E-state index in [-0.39, 0.29) is 6.04 Å². The van der Waals surface area contributed by atoms with Crippen molar-refractivity contribution < 1.29 is 9.84 Å². The van der Waals surface area contributed by atoms with Crippen LogP contribution >= 0.6 is 11.3 Å². The second kappa shape index (κ2) is 8.71. The van der Waals surface area contributed by atoms with Gasteiger partial charge >= 0.3 is 0 Å². The molecule has 27 heavy (non-hydrogen) atoms. The van der Waals surface area contributed by atoms with Gasteiger partial charge in [0, 0.05) is 31.5 Å². The van der Waals surface area contributed by atoms with Gasteiger partial charge in [-0.05, 0) is 38.3 Å². The van der Waals surface area contributed by atoms with Crippen LogP contribution in [-0.2, 0) is 4.74 Å². The Morgan fingerprint density at radius 3 is 2.81 bits per heavy atom. The molecule has 0 saturated heterocycles. The zero-order valence-corrected chi connectivity index (χ0v) is 16.8. The van der Waals surface area contributed by atoms with E-state index in [0.29, 0.717) is 19.1 Å². The van der Waals surface area contributed by atoms with Crippen LogP contribution in [0.2, 0.25) is 0 Å². The Hall–Kier alpha value is -2.13. The van der Waals surface area contributed by atoms with Crippen LogP contribution in [0.3, 0.4) is 0 Å².